The molecule has 0 aromatic heterocycles. The maximum atomic E-state index is 13.4. The van der Waals surface area contributed by atoms with Gasteiger partial charge in [-0.3, -0.25) is 10.1 Å². The molecule has 2 N–H and O–H groups in total. The first kappa shape index (κ1) is 11.2. The van der Waals surface area contributed by atoms with Gasteiger partial charge in [-0.05, 0) is 36.5 Å². The van der Waals surface area contributed by atoms with Crippen LogP contribution in [0.2, 0.25) is 0 Å². The van der Waals surface area contributed by atoms with Crippen LogP contribution in [0.3, 0.4) is 0 Å². The van der Waals surface area contributed by atoms with E-state index >= 15 is 0 Å². The van der Waals surface area contributed by atoms with Crippen LogP contribution < -0.4 is 10.6 Å². The van der Waals surface area contributed by atoms with Gasteiger partial charge >= 0.3 is 0 Å². The van der Waals surface area contributed by atoms with Gasteiger partial charge in [0.05, 0.1) is 0 Å². The van der Waals surface area contributed by atoms with E-state index in [9.17, 15) is 9.18 Å². The van der Waals surface area contributed by atoms with Crippen molar-refractivity contribution in [3.63, 3.8) is 0 Å². The Morgan fingerprint density at radius 2 is 2.12 bits per heavy atom. The van der Waals surface area contributed by atoms with E-state index in [-0.39, 0.29) is 16.7 Å². The summed E-state index contributed by atoms with van der Waals surface area (Å²) in [5.74, 6) is -0.757. The summed E-state index contributed by atoms with van der Waals surface area (Å²) < 4.78 is 14.1. The van der Waals surface area contributed by atoms with Crippen molar-refractivity contribution in [1.29, 1.82) is 0 Å². The summed E-state index contributed by atoms with van der Waals surface area (Å²) in [6.45, 7) is 0. The van der Waals surface area contributed by atoms with Crippen LogP contribution in [-0.4, -0.2) is 11.0 Å². The SMILES string of the molecule is O=C1NC(=S)N/C1=C/c1cc(Br)ccc1F. The van der Waals surface area contributed by atoms with Gasteiger partial charge in [-0.2, -0.15) is 0 Å². The van der Waals surface area contributed by atoms with Gasteiger partial charge in [-0.15, -0.1) is 0 Å². The highest BCUT2D eigenvalue weighted by molar-refractivity contribution is 9.10. The molecule has 0 spiro atoms. The van der Waals surface area contributed by atoms with E-state index in [1.54, 1.807) is 12.1 Å². The normalized spacial score (nSPS) is 17.5. The lowest BCUT2D eigenvalue weighted by molar-refractivity contribution is -0.115. The quantitative estimate of drug-likeness (QED) is 0.615. The molecule has 1 heterocycles. The van der Waals surface area contributed by atoms with Gasteiger partial charge in [0, 0.05) is 10.0 Å². The molecule has 16 heavy (non-hydrogen) atoms. The number of carbonyl (C=O) groups excluding carboxylic acids is 1. The molecule has 0 radical (unpaired) electrons. The van der Waals surface area contributed by atoms with Crippen molar-refractivity contribution in [2.75, 3.05) is 0 Å². The van der Waals surface area contributed by atoms with E-state index in [1.807, 2.05) is 0 Å². The molecule has 82 valence electrons. The minimum atomic E-state index is -0.400. The van der Waals surface area contributed by atoms with Crippen molar-refractivity contribution in [3.05, 3.63) is 39.7 Å². The predicted molar refractivity (Wildman–Crippen MR) is 66.0 cm³/mol. The smallest absolute Gasteiger partial charge is 0.273 e. The summed E-state index contributed by atoms with van der Waals surface area (Å²) in [5.41, 5.74) is 0.554. The van der Waals surface area contributed by atoms with Crippen LogP contribution in [0, 0.1) is 5.82 Å². The van der Waals surface area contributed by atoms with E-state index in [1.165, 1.54) is 12.1 Å². The molecule has 6 heteroatoms. The molecular formula is C10H6BrFN2OS. The Labute approximate surface area is 105 Å². The molecule has 1 fully saturated rings. The maximum absolute atomic E-state index is 13.4. The molecule has 1 aromatic carbocycles. The van der Waals surface area contributed by atoms with Gasteiger partial charge in [0.1, 0.15) is 11.5 Å². The number of thiocarbonyl (C=S) groups is 1. The van der Waals surface area contributed by atoms with Crippen molar-refractivity contribution in [1.82, 2.24) is 10.6 Å². The number of carbonyl (C=O) groups is 1. The number of nitrogens with one attached hydrogen (secondary N) is 2. The monoisotopic (exact) mass is 300 g/mol. The number of halogens is 2. The first-order chi connectivity index (χ1) is 7.56. The highest BCUT2D eigenvalue weighted by atomic mass is 79.9. The molecule has 0 aliphatic carbocycles. The Morgan fingerprint density at radius 1 is 1.38 bits per heavy atom. The minimum Gasteiger partial charge on any atom is -0.328 e. The Hall–Kier alpha value is -1.27. The molecule has 0 unspecified atom stereocenters. The van der Waals surface area contributed by atoms with Crippen LogP contribution in [0.1, 0.15) is 5.56 Å². The lowest BCUT2D eigenvalue weighted by Crippen LogP contribution is -2.21. The summed E-state index contributed by atoms with van der Waals surface area (Å²) in [6, 6.07) is 4.49. The summed E-state index contributed by atoms with van der Waals surface area (Å²) in [6.07, 6.45) is 1.41. The van der Waals surface area contributed by atoms with Crippen molar-refractivity contribution in [2.24, 2.45) is 0 Å². The van der Waals surface area contributed by atoms with Crippen LogP contribution in [-0.2, 0) is 4.79 Å². The highest BCUT2D eigenvalue weighted by Crippen LogP contribution is 2.18. The summed E-state index contributed by atoms with van der Waals surface area (Å²) in [4.78, 5) is 11.3. The Balaban J connectivity index is 2.39. The Morgan fingerprint density at radius 3 is 2.75 bits per heavy atom. The molecule has 1 aliphatic rings. The summed E-state index contributed by atoms with van der Waals surface area (Å²) in [7, 11) is 0. The number of rotatable bonds is 1. The van der Waals surface area contributed by atoms with Gasteiger partial charge in [-0.1, -0.05) is 15.9 Å². The van der Waals surface area contributed by atoms with Crippen molar-refractivity contribution in [3.8, 4) is 0 Å². The first-order valence-electron chi connectivity index (χ1n) is 4.35. The van der Waals surface area contributed by atoms with Gasteiger partial charge in [0.15, 0.2) is 5.11 Å². The van der Waals surface area contributed by atoms with E-state index in [0.717, 1.165) is 4.47 Å². The van der Waals surface area contributed by atoms with E-state index in [2.05, 4.69) is 26.6 Å². The van der Waals surface area contributed by atoms with Gasteiger partial charge in [-0.25, -0.2) is 4.39 Å². The second-order valence-corrected chi connectivity index (χ2v) is 4.46. The highest BCUT2D eigenvalue weighted by Gasteiger charge is 2.20. The third-order valence-corrected chi connectivity index (χ3v) is 2.68. The number of hydrogen-bond acceptors (Lipinski definition) is 2. The van der Waals surface area contributed by atoms with Gasteiger partial charge in [0.25, 0.3) is 5.91 Å². The van der Waals surface area contributed by atoms with Crippen molar-refractivity contribution in [2.45, 2.75) is 0 Å². The molecule has 0 atom stereocenters. The van der Waals surface area contributed by atoms with Crippen LogP contribution in [0.4, 0.5) is 4.39 Å². The molecule has 3 nitrogen and oxygen atoms in total. The molecular weight excluding hydrogens is 295 g/mol. The van der Waals surface area contributed by atoms with E-state index < -0.39 is 5.82 Å². The summed E-state index contributed by atoms with van der Waals surface area (Å²) in [5, 5.41) is 5.28. The second-order valence-electron chi connectivity index (χ2n) is 3.13. The zero-order chi connectivity index (χ0) is 11.7. The Kier molecular flexibility index (Phi) is 3.02. The standard InChI is InChI=1S/C10H6BrFN2OS/c11-6-1-2-7(12)5(3-6)4-8-9(15)14-10(16)13-8/h1-4H,(H2,13,14,15,16)/b8-4+. The molecule has 0 bridgehead atoms. The first-order valence-corrected chi connectivity index (χ1v) is 5.55. The van der Waals surface area contributed by atoms with Crippen LogP contribution in [0.15, 0.2) is 28.4 Å². The summed E-state index contributed by atoms with van der Waals surface area (Å²) >= 11 is 7.99. The van der Waals surface area contributed by atoms with E-state index in [0.29, 0.717) is 5.56 Å². The zero-order valence-electron chi connectivity index (χ0n) is 7.88. The number of hydrogen-bond donors (Lipinski definition) is 2. The van der Waals surface area contributed by atoms with Crippen LogP contribution in [0.25, 0.3) is 6.08 Å². The van der Waals surface area contributed by atoms with Crippen LogP contribution in [0.5, 0.6) is 0 Å². The number of benzene rings is 1. The average molecular weight is 301 g/mol. The third-order valence-electron chi connectivity index (χ3n) is 1.98. The van der Waals surface area contributed by atoms with Crippen molar-refractivity contribution >= 4 is 45.2 Å². The molecule has 1 aromatic rings. The molecule has 2 rings (SSSR count). The third kappa shape index (κ3) is 2.28. The van der Waals surface area contributed by atoms with Crippen LogP contribution >= 0.6 is 28.1 Å². The fraction of sp³-hybridized carbons (Fsp3) is 0. The maximum Gasteiger partial charge on any atom is 0.273 e. The fourth-order valence-corrected chi connectivity index (χ4v) is 1.84. The number of amides is 1. The van der Waals surface area contributed by atoms with Gasteiger partial charge in [0.2, 0.25) is 0 Å². The zero-order valence-corrected chi connectivity index (χ0v) is 10.3. The largest absolute Gasteiger partial charge is 0.328 e. The average Bonchev–Trinajstić information content (AvgIpc) is 2.51. The predicted octanol–water partition coefficient (Wildman–Crippen LogP) is 1.93. The molecule has 1 saturated heterocycles. The van der Waals surface area contributed by atoms with Gasteiger partial charge < -0.3 is 5.32 Å². The second kappa shape index (κ2) is 4.31. The lowest BCUT2D eigenvalue weighted by Gasteiger charge is -1.99. The molecule has 1 amide bonds. The minimum absolute atomic E-state index is 0.228. The Bertz CT molecular complexity index is 516. The topological polar surface area (TPSA) is 41.1 Å². The molecule has 0 saturated carbocycles. The molecule has 1 aliphatic heterocycles. The lowest BCUT2D eigenvalue weighted by atomic mass is 10.2. The van der Waals surface area contributed by atoms with Crippen molar-refractivity contribution < 1.29 is 9.18 Å². The van der Waals surface area contributed by atoms with E-state index in [4.69, 9.17) is 12.2 Å². The fourth-order valence-electron chi connectivity index (χ4n) is 1.26.